The molecule has 0 aliphatic heterocycles. The van der Waals surface area contributed by atoms with Gasteiger partial charge in [-0.25, -0.2) is 9.18 Å². The first-order valence-electron chi connectivity index (χ1n) is 9.52. The van der Waals surface area contributed by atoms with Gasteiger partial charge < -0.3 is 5.32 Å². The summed E-state index contributed by atoms with van der Waals surface area (Å²) < 4.78 is 13.1. The average molecular weight is 451 g/mol. The van der Waals surface area contributed by atoms with Crippen molar-refractivity contribution in [3.8, 4) is 10.6 Å². The highest BCUT2D eigenvalue weighted by molar-refractivity contribution is 7.98. The molecule has 5 nitrogen and oxygen atoms in total. The highest BCUT2D eigenvalue weighted by atomic mass is 32.2. The van der Waals surface area contributed by atoms with E-state index in [9.17, 15) is 9.18 Å². The predicted octanol–water partition coefficient (Wildman–Crippen LogP) is 6.59. The molecule has 0 atom stereocenters. The van der Waals surface area contributed by atoms with Crippen LogP contribution >= 0.6 is 23.1 Å². The molecule has 31 heavy (non-hydrogen) atoms. The number of amides is 2. The van der Waals surface area contributed by atoms with Gasteiger partial charge in [-0.05, 0) is 42.3 Å². The molecule has 8 heteroatoms. The topological polar surface area (TPSA) is 66.9 Å². The first-order valence-corrected chi connectivity index (χ1v) is 11.3. The number of thioether (sulfide) groups is 1. The minimum atomic E-state index is -0.365. The monoisotopic (exact) mass is 450 g/mol. The minimum Gasteiger partial charge on any atom is -0.307 e. The normalized spacial score (nSPS) is 10.6. The second kappa shape index (κ2) is 9.72. The second-order valence-corrected chi connectivity index (χ2v) is 8.71. The van der Waals surface area contributed by atoms with E-state index in [0.717, 1.165) is 27.3 Å². The Morgan fingerprint density at radius 2 is 1.71 bits per heavy atom. The highest BCUT2D eigenvalue weighted by Crippen LogP contribution is 2.35. The van der Waals surface area contributed by atoms with Crippen LogP contribution in [0.2, 0.25) is 0 Å². The van der Waals surface area contributed by atoms with Gasteiger partial charge in [0.25, 0.3) is 0 Å². The van der Waals surface area contributed by atoms with Crippen LogP contribution in [-0.4, -0.2) is 16.2 Å². The standard InChI is InChI=1S/C23H19FN4OS2/c1-15-6-2-4-8-19(15)25-22(29)26-23-28-27-21(31-23)18-7-3-5-9-20(18)30-14-16-10-12-17(24)13-11-16/h2-13H,14H2,1H3,(H2,25,26,28,29). The van der Waals surface area contributed by atoms with Crippen molar-refractivity contribution in [1.82, 2.24) is 10.2 Å². The molecule has 0 radical (unpaired) electrons. The van der Waals surface area contributed by atoms with Gasteiger partial charge in [0.2, 0.25) is 5.13 Å². The number of hydrogen-bond acceptors (Lipinski definition) is 5. The number of hydrogen-bond donors (Lipinski definition) is 2. The van der Waals surface area contributed by atoms with Crippen LogP contribution in [0.25, 0.3) is 10.6 Å². The molecule has 0 fully saturated rings. The van der Waals surface area contributed by atoms with Gasteiger partial charge in [0.05, 0.1) is 0 Å². The van der Waals surface area contributed by atoms with E-state index in [1.165, 1.54) is 23.5 Å². The molecule has 156 valence electrons. The number of carbonyl (C=O) groups is 1. The Labute approximate surface area is 187 Å². The Morgan fingerprint density at radius 1 is 0.968 bits per heavy atom. The molecule has 3 aromatic carbocycles. The maximum absolute atomic E-state index is 13.1. The van der Waals surface area contributed by atoms with Crippen molar-refractivity contribution in [3.63, 3.8) is 0 Å². The molecule has 0 saturated heterocycles. The van der Waals surface area contributed by atoms with Gasteiger partial charge in [-0.15, -0.1) is 22.0 Å². The van der Waals surface area contributed by atoms with Crippen molar-refractivity contribution in [2.24, 2.45) is 0 Å². The van der Waals surface area contributed by atoms with Crippen LogP contribution in [0.15, 0.2) is 77.7 Å². The van der Waals surface area contributed by atoms with Crippen LogP contribution in [-0.2, 0) is 5.75 Å². The summed E-state index contributed by atoms with van der Waals surface area (Å²) in [5.41, 5.74) is 3.70. The Kier molecular flexibility index (Phi) is 6.59. The predicted molar refractivity (Wildman–Crippen MR) is 125 cm³/mol. The van der Waals surface area contributed by atoms with E-state index < -0.39 is 0 Å². The molecule has 0 bridgehead atoms. The maximum Gasteiger partial charge on any atom is 0.325 e. The Hall–Kier alpha value is -3.23. The number of nitrogens with one attached hydrogen (secondary N) is 2. The number of halogens is 1. The second-order valence-electron chi connectivity index (χ2n) is 6.72. The van der Waals surface area contributed by atoms with E-state index >= 15 is 0 Å². The molecular weight excluding hydrogens is 431 g/mol. The summed E-state index contributed by atoms with van der Waals surface area (Å²) >= 11 is 2.95. The fraction of sp³-hybridized carbons (Fsp3) is 0.0870. The molecule has 0 unspecified atom stereocenters. The van der Waals surface area contributed by atoms with Crippen molar-refractivity contribution in [3.05, 3.63) is 89.7 Å². The molecule has 1 heterocycles. The third kappa shape index (κ3) is 5.48. The minimum absolute atomic E-state index is 0.241. The Bertz CT molecular complexity index is 1190. The van der Waals surface area contributed by atoms with Crippen molar-refractivity contribution < 1.29 is 9.18 Å². The van der Waals surface area contributed by atoms with Gasteiger partial charge in [-0.2, -0.15) is 0 Å². The van der Waals surface area contributed by atoms with Crippen molar-refractivity contribution >= 4 is 39.9 Å². The third-order valence-electron chi connectivity index (χ3n) is 4.46. The average Bonchev–Trinajstić information content (AvgIpc) is 3.23. The van der Waals surface area contributed by atoms with Crippen LogP contribution in [0.5, 0.6) is 0 Å². The zero-order valence-corrected chi connectivity index (χ0v) is 18.3. The molecule has 0 spiro atoms. The SMILES string of the molecule is Cc1ccccc1NC(=O)Nc1nnc(-c2ccccc2SCc2ccc(F)cc2)s1. The number of benzene rings is 3. The lowest BCUT2D eigenvalue weighted by Crippen LogP contribution is -2.19. The van der Waals surface area contributed by atoms with E-state index in [0.29, 0.717) is 15.9 Å². The first kappa shape index (κ1) is 21.0. The number of nitrogens with zero attached hydrogens (tertiary/aromatic N) is 2. The van der Waals surface area contributed by atoms with Crippen LogP contribution in [0, 0.1) is 12.7 Å². The number of anilines is 2. The molecule has 0 saturated carbocycles. The summed E-state index contributed by atoms with van der Waals surface area (Å²) in [5.74, 6) is 0.467. The summed E-state index contributed by atoms with van der Waals surface area (Å²) in [4.78, 5) is 13.4. The van der Waals surface area contributed by atoms with Gasteiger partial charge in [0.15, 0.2) is 5.01 Å². The van der Waals surface area contributed by atoms with Gasteiger partial charge in [0.1, 0.15) is 5.82 Å². The van der Waals surface area contributed by atoms with Crippen LogP contribution in [0.1, 0.15) is 11.1 Å². The van der Waals surface area contributed by atoms with Crippen molar-refractivity contribution in [2.45, 2.75) is 17.6 Å². The zero-order chi connectivity index (χ0) is 21.6. The lowest BCUT2D eigenvalue weighted by molar-refractivity contribution is 0.262. The largest absolute Gasteiger partial charge is 0.325 e. The van der Waals surface area contributed by atoms with E-state index in [1.807, 2.05) is 55.5 Å². The van der Waals surface area contributed by atoms with Crippen molar-refractivity contribution in [1.29, 1.82) is 0 Å². The fourth-order valence-electron chi connectivity index (χ4n) is 2.86. The highest BCUT2D eigenvalue weighted by Gasteiger charge is 2.13. The Morgan fingerprint density at radius 3 is 2.52 bits per heavy atom. The number of para-hydroxylation sites is 1. The summed E-state index contributed by atoms with van der Waals surface area (Å²) in [7, 11) is 0. The zero-order valence-electron chi connectivity index (χ0n) is 16.6. The van der Waals surface area contributed by atoms with Crippen LogP contribution in [0.4, 0.5) is 20.0 Å². The van der Waals surface area contributed by atoms with Crippen LogP contribution < -0.4 is 10.6 Å². The van der Waals surface area contributed by atoms with Gasteiger partial charge in [-0.3, -0.25) is 5.32 Å². The first-order chi connectivity index (χ1) is 15.1. The summed E-state index contributed by atoms with van der Waals surface area (Å²) in [6, 6.07) is 21.6. The van der Waals surface area contributed by atoms with Crippen molar-refractivity contribution in [2.75, 3.05) is 10.6 Å². The molecule has 4 rings (SSSR count). The number of urea groups is 1. The molecule has 2 N–H and O–H groups in total. The molecule has 0 aliphatic carbocycles. The molecule has 0 aliphatic rings. The smallest absolute Gasteiger partial charge is 0.307 e. The lowest BCUT2D eigenvalue weighted by atomic mass is 10.2. The van der Waals surface area contributed by atoms with Gasteiger partial charge in [-0.1, -0.05) is 59.9 Å². The van der Waals surface area contributed by atoms with Gasteiger partial charge >= 0.3 is 6.03 Å². The molecular formula is C23H19FN4OS2. The molecule has 1 aromatic heterocycles. The fourth-order valence-corrected chi connectivity index (χ4v) is 4.71. The van der Waals surface area contributed by atoms with E-state index in [4.69, 9.17) is 0 Å². The maximum atomic E-state index is 13.1. The lowest BCUT2D eigenvalue weighted by Gasteiger charge is -2.07. The van der Waals surface area contributed by atoms with E-state index in [2.05, 4.69) is 20.8 Å². The Balaban J connectivity index is 1.44. The van der Waals surface area contributed by atoms with E-state index in [1.54, 1.807) is 23.9 Å². The summed E-state index contributed by atoms with van der Waals surface area (Å²) in [6.45, 7) is 1.93. The third-order valence-corrected chi connectivity index (χ3v) is 6.48. The molecule has 2 amide bonds. The summed E-state index contributed by atoms with van der Waals surface area (Å²) in [5, 5.41) is 15.1. The summed E-state index contributed by atoms with van der Waals surface area (Å²) in [6.07, 6.45) is 0. The number of aryl methyl sites for hydroxylation is 1. The number of rotatable bonds is 6. The van der Waals surface area contributed by atoms with Gasteiger partial charge in [0, 0.05) is 21.9 Å². The number of carbonyl (C=O) groups excluding carboxylic acids is 1. The molecule has 4 aromatic rings. The van der Waals surface area contributed by atoms with Crippen LogP contribution in [0.3, 0.4) is 0 Å². The quantitative estimate of drug-likeness (QED) is 0.325. The van der Waals surface area contributed by atoms with E-state index in [-0.39, 0.29) is 11.8 Å². The number of aromatic nitrogens is 2.